The summed E-state index contributed by atoms with van der Waals surface area (Å²) in [6.45, 7) is 5.92. The molecule has 0 saturated carbocycles. The third kappa shape index (κ3) is 8.27. The van der Waals surface area contributed by atoms with Crippen LogP contribution in [0, 0.1) is 24.5 Å². The number of thioether (sulfide) groups is 1. The minimum atomic E-state index is -4.57. The number of methoxy groups -OCH3 is 1. The summed E-state index contributed by atoms with van der Waals surface area (Å²) in [6.07, 6.45) is 9.63. The van der Waals surface area contributed by atoms with E-state index in [-0.39, 0.29) is 5.69 Å². The number of nitrogens with zero attached hydrogens (tertiary/aromatic N) is 5. The highest BCUT2D eigenvalue weighted by atomic mass is 32.2. The topological polar surface area (TPSA) is 113 Å². The quantitative estimate of drug-likeness (QED) is 0.120. The van der Waals surface area contributed by atoms with Crippen molar-refractivity contribution < 1.29 is 21.9 Å². The Morgan fingerprint density at radius 1 is 0.963 bits per heavy atom. The molecule has 284 valence electrons. The predicted molar refractivity (Wildman–Crippen MR) is 216 cm³/mol. The molecule has 3 aromatic carbocycles. The second-order valence-electron chi connectivity index (χ2n) is 13.5. The summed E-state index contributed by atoms with van der Waals surface area (Å²) in [5.74, 6) is 0.709. The minimum absolute atomic E-state index is 0.132. The Morgan fingerprint density at radius 3 is 2.43 bits per heavy atom. The van der Waals surface area contributed by atoms with E-state index in [2.05, 4.69) is 50.1 Å². The maximum Gasteiger partial charge on any atom is 0.267 e. The molecule has 15 heteroatoms. The summed E-state index contributed by atoms with van der Waals surface area (Å²) in [5.41, 5.74) is 5.01. The van der Waals surface area contributed by atoms with E-state index in [4.69, 9.17) is 14.7 Å². The monoisotopic (exact) mass is 791 g/mol. The summed E-state index contributed by atoms with van der Waals surface area (Å²) < 4.78 is 63.3. The third-order valence-corrected chi connectivity index (χ3v) is 13.1. The van der Waals surface area contributed by atoms with Gasteiger partial charge in [-0.05, 0) is 98.9 Å². The molecule has 2 aliphatic heterocycles. The Balaban J connectivity index is 1.17. The van der Waals surface area contributed by atoms with Crippen LogP contribution in [0.5, 0.6) is 5.75 Å². The van der Waals surface area contributed by atoms with Crippen molar-refractivity contribution in [1.29, 1.82) is 0 Å². The first kappa shape index (κ1) is 37.8. The molecule has 2 N–H and O–H groups in total. The van der Waals surface area contributed by atoms with Crippen LogP contribution in [0.25, 0.3) is 21.8 Å². The Bertz CT molecular complexity index is 2200. The van der Waals surface area contributed by atoms with Gasteiger partial charge in [-0.1, -0.05) is 29.5 Å². The molecule has 0 atom stereocenters. The summed E-state index contributed by atoms with van der Waals surface area (Å²) in [4.78, 5) is 18.9. The number of hydrogen-bond donors (Lipinski definition) is 2. The normalized spacial score (nSPS) is 15.1. The maximum atomic E-state index is 14.5. The van der Waals surface area contributed by atoms with E-state index in [0.717, 1.165) is 84.4 Å². The molecule has 0 amide bonds. The Labute approximate surface area is 323 Å². The third-order valence-electron chi connectivity index (χ3n) is 9.91. The zero-order chi connectivity index (χ0) is 37.8. The van der Waals surface area contributed by atoms with Crippen LogP contribution in [0.15, 0.2) is 71.8 Å². The number of rotatable bonds is 13. The fraction of sp³-hybridized carbons (Fsp3) is 0.359. The lowest BCUT2D eigenvalue weighted by Gasteiger charge is -2.35. The van der Waals surface area contributed by atoms with Crippen molar-refractivity contribution in [2.24, 2.45) is 5.92 Å². The van der Waals surface area contributed by atoms with Crippen LogP contribution in [0.2, 0.25) is 0 Å². The molecule has 0 unspecified atom stereocenters. The molecule has 10 nitrogen and oxygen atoms in total. The first-order valence-electron chi connectivity index (χ1n) is 18.0. The number of aryl methyl sites for hydroxylation is 1. The average Bonchev–Trinajstić information content (AvgIpc) is 3.86. The largest absolute Gasteiger partial charge is 0.494 e. The van der Waals surface area contributed by atoms with Crippen molar-refractivity contribution in [2.75, 3.05) is 65.1 Å². The van der Waals surface area contributed by atoms with Crippen LogP contribution in [-0.4, -0.2) is 68.7 Å². The average molecular weight is 792 g/mol. The van der Waals surface area contributed by atoms with E-state index in [1.54, 1.807) is 25.4 Å². The van der Waals surface area contributed by atoms with Gasteiger partial charge in [-0.2, -0.15) is 11.8 Å². The lowest BCUT2D eigenvalue weighted by atomic mass is 9.93. The standard InChI is InChI=1S/C39H43F2N7O3S3/c1-25-22-32(34(51-2)24-33(25)47-19-13-26(14-20-47)15-21-52-3)44-38-42-16-12-31(43-38)36-35(45-39(53-36)48-17-4-5-18-48)27-8-6-9-28(23-27)46-54(49,50)37-29(40)10-7-11-30(37)41/h6-12,16,22-24,26,46H,4-5,13-15,17-21H2,1-3H3,(H,42,43,44). The minimum Gasteiger partial charge on any atom is -0.494 e. The molecule has 4 heterocycles. The van der Waals surface area contributed by atoms with E-state index in [0.29, 0.717) is 28.6 Å². The van der Waals surface area contributed by atoms with Gasteiger partial charge >= 0.3 is 0 Å². The molecule has 2 aromatic heterocycles. The molecule has 7 rings (SSSR count). The Hall–Kier alpha value is -4.47. The fourth-order valence-electron chi connectivity index (χ4n) is 7.09. The molecule has 0 spiro atoms. The highest BCUT2D eigenvalue weighted by Gasteiger charge is 2.26. The van der Waals surface area contributed by atoms with E-state index in [9.17, 15) is 17.2 Å². The number of piperidine rings is 1. The van der Waals surface area contributed by atoms with Gasteiger partial charge in [-0.25, -0.2) is 32.2 Å². The number of aromatic nitrogens is 3. The molecule has 5 aromatic rings. The number of benzene rings is 3. The molecule has 2 fully saturated rings. The second-order valence-corrected chi connectivity index (χ2v) is 17.1. The number of ether oxygens (including phenoxy) is 1. The van der Waals surface area contributed by atoms with Crippen LogP contribution in [0.3, 0.4) is 0 Å². The zero-order valence-corrected chi connectivity index (χ0v) is 32.9. The summed E-state index contributed by atoms with van der Waals surface area (Å²) in [7, 11) is -2.91. The van der Waals surface area contributed by atoms with Crippen molar-refractivity contribution in [2.45, 2.75) is 43.9 Å². The number of halogens is 2. The van der Waals surface area contributed by atoms with Crippen LogP contribution in [0.1, 0.15) is 37.7 Å². The van der Waals surface area contributed by atoms with Gasteiger partial charge in [-0.3, -0.25) is 4.72 Å². The maximum absolute atomic E-state index is 14.5. The molecule has 0 aliphatic carbocycles. The predicted octanol–water partition coefficient (Wildman–Crippen LogP) is 8.98. The van der Waals surface area contributed by atoms with Gasteiger partial charge in [0.25, 0.3) is 10.0 Å². The van der Waals surface area contributed by atoms with Crippen molar-refractivity contribution in [1.82, 2.24) is 15.0 Å². The Morgan fingerprint density at radius 2 is 1.70 bits per heavy atom. The summed E-state index contributed by atoms with van der Waals surface area (Å²) >= 11 is 3.42. The van der Waals surface area contributed by atoms with Gasteiger partial charge in [0.2, 0.25) is 5.95 Å². The van der Waals surface area contributed by atoms with Crippen molar-refractivity contribution in [3.05, 3.63) is 84.1 Å². The molecule has 2 saturated heterocycles. The number of sulfonamides is 1. The van der Waals surface area contributed by atoms with E-state index in [1.807, 2.05) is 23.9 Å². The summed E-state index contributed by atoms with van der Waals surface area (Å²) in [5, 5.41) is 4.21. The van der Waals surface area contributed by atoms with Crippen LogP contribution in [-0.2, 0) is 10.0 Å². The second kappa shape index (κ2) is 16.5. The molecule has 54 heavy (non-hydrogen) atoms. The van der Waals surface area contributed by atoms with Crippen molar-refractivity contribution in [3.8, 4) is 27.6 Å². The number of nitrogens with one attached hydrogen (secondary N) is 2. The van der Waals surface area contributed by atoms with Crippen molar-refractivity contribution in [3.63, 3.8) is 0 Å². The lowest BCUT2D eigenvalue weighted by molar-refractivity contribution is 0.395. The molecule has 0 radical (unpaired) electrons. The van der Waals surface area contributed by atoms with Crippen LogP contribution < -0.4 is 24.6 Å². The SMILES string of the molecule is COc1cc(N2CCC(CCSC)CC2)c(C)cc1Nc1nccc(-c2sc(N3CCCC3)nc2-c2cccc(NS(=O)(=O)c3c(F)cccc3F)c2)n1. The fourth-order valence-corrected chi connectivity index (χ4v) is 9.96. The number of thiazole rings is 1. The van der Waals surface area contributed by atoms with E-state index < -0.39 is 26.6 Å². The van der Waals surface area contributed by atoms with Gasteiger partial charge in [-0.15, -0.1) is 0 Å². The first-order chi connectivity index (χ1) is 26.1. The van der Waals surface area contributed by atoms with Gasteiger partial charge in [0.15, 0.2) is 10.0 Å². The van der Waals surface area contributed by atoms with Crippen LogP contribution >= 0.6 is 23.1 Å². The number of hydrogen-bond acceptors (Lipinski definition) is 11. The highest BCUT2D eigenvalue weighted by Crippen LogP contribution is 2.42. The molecular weight excluding hydrogens is 749 g/mol. The van der Waals surface area contributed by atoms with Gasteiger partial charge in [0.05, 0.1) is 29.1 Å². The van der Waals surface area contributed by atoms with Crippen LogP contribution in [0.4, 0.5) is 36.9 Å². The van der Waals surface area contributed by atoms with E-state index >= 15 is 0 Å². The number of anilines is 5. The van der Waals surface area contributed by atoms with Gasteiger partial charge in [0.1, 0.15) is 17.4 Å². The Kier molecular flexibility index (Phi) is 11.6. The first-order valence-corrected chi connectivity index (χ1v) is 21.7. The zero-order valence-electron chi connectivity index (χ0n) is 30.4. The van der Waals surface area contributed by atoms with Gasteiger partial charge in [0, 0.05) is 55.4 Å². The molecular formula is C39H43F2N7O3S3. The van der Waals surface area contributed by atoms with E-state index in [1.165, 1.54) is 48.1 Å². The van der Waals surface area contributed by atoms with Crippen molar-refractivity contribution >= 4 is 61.3 Å². The molecule has 0 bridgehead atoms. The van der Waals surface area contributed by atoms with Gasteiger partial charge < -0.3 is 19.9 Å². The lowest BCUT2D eigenvalue weighted by Crippen LogP contribution is -2.34. The molecule has 2 aliphatic rings. The smallest absolute Gasteiger partial charge is 0.267 e. The highest BCUT2D eigenvalue weighted by molar-refractivity contribution is 7.98. The summed E-state index contributed by atoms with van der Waals surface area (Å²) in [6, 6.07) is 15.5.